The zero-order valence-corrected chi connectivity index (χ0v) is 11.0. The Balaban J connectivity index is 2.08. The average molecular weight is 273 g/mol. The van der Waals surface area contributed by atoms with Gasteiger partial charge in [0.15, 0.2) is 0 Å². The van der Waals surface area contributed by atoms with E-state index in [1.165, 1.54) is 11.8 Å². The second-order valence-corrected chi connectivity index (χ2v) is 5.36. The van der Waals surface area contributed by atoms with E-state index in [0.29, 0.717) is 18.2 Å². The number of fused-ring (bicyclic) bond motifs is 2. The molecule has 2 saturated heterocycles. The molecule has 4 unspecified atom stereocenters. The summed E-state index contributed by atoms with van der Waals surface area (Å²) < 4.78 is 93.5. The number of nitrogens with zero attached hydrogens (tertiary/aromatic N) is 1. The first-order valence-corrected chi connectivity index (χ1v) is 6.94. The van der Waals surface area contributed by atoms with Gasteiger partial charge in [0.2, 0.25) is 0 Å². The minimum Gasteiger partial charge on any atom is -0.355 e. The van der Waals surface area contributed by atoms with Crippen LogP contribution in [0.15, 0.2) is 11.3 Å². The molecular weight excluding hydrogens is 236 g/mol. The van der Waals surface area contributed by atoms with Crippen LogP contribution < -0.4 is 15.9 Å². The van der Waals surface area contributed by atoms with Crippen LogP contribution >= 0.6 is 0 Å². The maximum atomic E-state index is 9.02. The summed E-state index contributed by atoms with van der Waals surface area (Å²) in [7, 11) is 0. The molecule has 4 atom stereocenters. The van der Waals surface area contributed by atoms with Crippen molar-refractivity contribution in [3.63, 3.8) is 0 Å². The summed E-state index contributed by atoms with van der Waals surface area (Å²) in [6.45, 7) is -4.43. The molecule has 4 heteroatoms. The highest BCUT2D eigenvalue weighted by molar-refractivity contribution is 5.33. The van der Waals surface area contributed by atoms with E-state index in [1.807, 2.05) is 0 Å². The summed E-state index contributed by atoms with van der Waals surface area (Å²) in [4.78, 5) is 1.40. The predicted octanol–water partition coefficient (Wildman–Crippen LogP) is 1.12. The van der Waals surface area contributed by atoms with Crippen molar-refractivity contribution < 1.29 is 15.2 Å². The average Bonchev–Trinajstić information content (AvgIpc) is 2.93. The maximum absolute atomic E-state index is 9.02. The van der Waals surface area contributed by atoms with E-state index in [0.717, 1.165) is 19.3 Å². The molecule has 0 radical (unpaired) electrons. The third kappa shape index (κ3) is 1.92. The van der Waals surface area contributed by atoms with Crippen LogP contribution in [0.25, 0.3) is 0 Å². The Kier molecular flexibility index (Phi) is 1.33. The SMILES string of the molecule is [2H]C1C2=C3N(C4CCCCC4)C([2H])(C)N([2H])C3([2H])C([2H])([2H])N([2H])C2([2H])N([2H])C1([2H])[2H]. The summed E-state index contributed by atoms with van der Waals surface area (Å²) in [6.07, 6.45) is -2.62. The highest BCUT2D eigenvalue weighted by Gasteiger charge is 2.43. The van der Waals surface area contributed by atoms with Crippen LogP contribution in [0.2, 0.25) is 4.24 Å². The zero-order chi connectivity index (χ0) is 22.7. The third-order valence-corrected chi connectivity index (χ3v) is 4.17. The molecule has 3 N–H and O–H groups in total. The van der Waals surface area contributed by atoms with E-state index in [1.54, 1.807) is 0 Å². The Hall–Kier alpha value is -0.580. The lowest BCUT2D eigenvalue weighted by Crippen LogP contribution is -2.50. The lowest BCUT2D eigenvalue weighted by molar-refractivity contribution is 0.170. The number of rotatable bonds is 1. The first-order valence-electron chi connectivity index (χ1n) is 12.4. The molecular formula is C15H26N4. The first kappa shape index (κ1) is 5.32. The Labute approximate surface area is 131 Å². The van der Waals surface area contributed by atoms with Gasteiger partial charge in [0.05, 0.1) is 22.4 Å². The maximum Gasteiger partial charge on any atom is 0.125 e. The van der Waals surface area contributed by atoms with Crippen LogP contribution in [0.1, 0.15) is 56.4 Å². The molecule has 4 rings (SSSR count). The van der Waals surface area contributed by atoms with Gasteiger partial charge in [0.25, 0.3) is 0 Å². The minimum absolute atomic E-state index is 0.00714. The summed E-state index contributed by atoms with van der Waals surface area (Å²) in [5.74, 6) is 0. The van der Waals surface area contributed by atoms with E-state index >= 15 is 0 Å². The van der Waals surface area contributed by atoms with Gasteiger partial charge in [-0.05, 0) is 31.7 Å². The summed E-state index contributed by atoms with van der Waals surface area (Å²) in [6, 6.07) is -3.00. The summed E-state index contributed by atoms with van der Waals surface area (Å²) >= 11 is 0. The Morgan fingerprint density at radius 1 is 1.32 bits per heavy atom. The van der Waals surface area contributed by atoms with E-state index < -0.39 is 43.3 Å². The van der Waals surface area contributed by atoms with Crippen LogP contribution in [-0.4, -0.2) is 42.2 Å². The summed E-state index contributed by atoms with van der Waals surface area (Å²) in [5, 5.41) is 0.553. The molecule has 106 valence electrons. The molecule has 0 aromatic rings. The van der Waals surface area contributed by atoms with Gasteiger partial charge in [0, 0.05) is 31.6 Å². The second-order valence-electron chi connectivity index (χ2n) is 5.36. The minimum atomic E-state index is -3.04. The molecule has 0 spiro atoms. The van der Waals surface area contributed by atoms with Crippen LogP contribution in [0.4, 0.5) is 0 Å². The zero-order valence-electron chi connectivity index (χ0n) is 22.0. The lowest BCUT2D eigenvalue weighted by Gasteiger charge is -2.39. The van der Waals surface area contributed by atoms with Crippen molar-refractivity contribution in [2.45, 2.75) is 69.8 Å². The third-order valence-electron chi connectivity index (χ3n) is 4.17. The first-order chi connectivity index (χ1) is 13.6. The highest BCUT2D eigenvalue weighted by Crippen LogP contribution is 2.36. The fourth-order valence-electron chi connectivity index (χ4n) is 3.31. The Bertz CT molecular complexity index is 785. The van der Waals surface area contributed by atoms with Gasteiger partial charge < -0.3 is 4.90 Å². The molecule has 4 nitrogen and oxygen atoms in total. The van der Waals surface area contributed by atoms with Gasteiger partial charge in [-0.25, -0.2) is 0 Å². The molecule has 1 saturated carbocycles. The quantitative estimate of drug-likeness (QED) is 0.669. The van der Waals surface area contributed by atoms with Crippen LogP contribution in [-0.2, 0) is 0 Å². The lowest BCUT2D eigenvalue weighted by atomic mass is 9.92. The van der Waals surface area contributed by atoms with Crippen molar-refractivity contribution in [2.24, 2.45) is 0 Å². The van der Waals surface area contributed by atoms with Crippen LogP contribution in [0, 0.1) is 0 Å². The van der Waals surface area contributed by atoms with Crippen molar-refractivity contribution in [1.82, 2.24) is 20.8 Å². The molecule has 0 amide bonds. The fraction of sp³-hybridized carbons (Fsp3) is 0.867. The molecule has 0 aromatic carbocycles. The smallest absolute Gasteiger partial charge is 0.125 e. The van der Waals surface area contributed by atoms with Gasteiger partial charge in [-0.1, -0.05) is 19.3 Å². The van der Waals surface area contributed by atoms with E-state index in [9.17, 15) is 0 Å². The molecule has 3 aliphatic heterocycles. The molecule has 4 aliphatic rings. The van der Waals surface area contributed by atoms with Gasteiger partial charge in [-0.2, -0.15) is 0 Å². The molecule has 3 heterocycles. The molecule has 19 heavy (non-hydrogen) atoms. The number of nitrogens with one attached hydrogen (secondary N) is 3. The molecule has 0 aromatic heterocycles. The van der Waals surface area contributed by atoms with Gasteiger partial charge in [-0.3, -0.25) is 15.9 Å². The normalized spacial score (nSPS) is 71.9. The van der Waals surface area contributed by atoms with Gasteiger partial charge >= 0.3 is 0 Å². The van der Waals surface area contributed by atoms with Crippen molar-refractivity contribution in [3.05, 3.63) is 11.3 Å². The number of hydrogen-bond donors (Lipinski definition) is 3. The monoisotopic (exact) mass is 273 g/mol. The predicted molar refractivity (Wildman–Crippen MR) is 76.5 cm³/mol. The van der Waals surface area contributed by atoms with E-state index in [4.69, 9.17) is 15.2 Å². The van der Waals surface area contributed by atoms with Gasteiger partial charge in [-0.15, -0.1) is 0 Å². The highest BCUT2D eigenvalue weighted by atomic mass is 15.4. The number of hydrogen-bond acceptors (Lipinski definition) is 4. The largest absolute Gasteiger partial charge is 0.355 e. The van der Waals surface area contributed by atoms with E-state index in [2.05, 4.69) is 0 Å². The van der Waals surface area contributed by atoms with Crippen molar-refractivity contribution in [1.29, 1.82) is 0 Å². The van der Waals surface area contributed by atoms with Crippen molar-refractivity contribution in [3.8, 4) is 0 Å². The molecule has 1 aliphatic carbocycles. The Morgan fingerprint density at radius 3 is 3.00 bits per heavy atom. The van der Waals surface area contributed by atoms with Crippen LogP contribution in [0.5, 0.6) is 0 Å². The van der Waals surface area contributed by atoms with Crippen LogP contribution in [0.3, 0.4) is 0 Å². The van der Waals surface area contributed by atoms with E-state index in [-0.39, 0.29) is 22.4 Å². The Morgan fingerprint density at radius 2 is 2.16 bits per heavy atom. The molecule has 3 fully saturated rings. The second kappa shape index (κ2) is 4.76. The van der Waals surface area contributed by atoms with Crippen molar-refractivity contribution in [2.75, 3.05) is 13.0 Å². The molecule has 0 bridgehead atoms. The van der Waals surface area contributed by atoms with Crippen molar-refractivity contribution >= 4 is 0 Å². The fourth-order valence-corrected chi connectivity index (χ4v) is 3.31. The topological polar surface area (TPSA) is 39.3 Å². The standard InChI is InChI=1S/C15H26N4/c1-10-18-13-9-17-15-12(7-8-16-15)14(13)19(10)11-5-3-2-4-6-11/h10-11,13,15-18H,2-9H2,1H3/i7D,8D2,9D2,10D,13D,15D/hD3. The van der Waals surface area contributed by atoms with Gasteiger partial charge in [0.1, 0.15) is 4.24 Å². The summed E-state index contributed by atoms with van der Waals surface area (Å²) in [5.41, 5.74) is -0.703.